The van der Waals surface area contributed by atoms with E-state index in [9.17, 15) is 9.90 Å². The molecule has 1 heterocycles. The molecular formula is C12H11N3O3. The van der Waals surface area contributed by atoms with Crippen molar-refractivity contribution in [2.24, 2.45) is 0 Å². The maximum atomic E-state index is 11.8. The lowest BCUT2D eigenvalue weighted by molar-refractivity contribution is 0.0947. The van der Waals surface area contributed by atoms with Crippen molar-refractivity contribution < 1.29 is 15.0 Å². The molecule has 0 aliphatic rings. The highest BCUT2D eigenvalue weighted by molar-refractivity contribution is 5.96. The topological polar surface area (TPSA) is 95.3 Å². The molecule has 6 heteroatoms. The minimum Gasteiger partial charge on any atom is -0.508 e. The number of phenols is 2. The smallest absolute Gasteiger partial charge is 0.255 e. The van der Waals surface area contributed by atoms with E-state index in [1.807, 2.05) is 0 Å². The standard InChI is InChI=1S/C12H11N3O3/c16-9-1-2-10(11(17)5-9)12(18)14-6-8-3-4-13-7-15-8/h1-5,7,16-17H,6H2,(H,14,18). The van der Waals surface area contributed by atoms with Crippen molar-refractivity contribution in [1.82, 2.24) is 15.3 Å². The van der Waals surface area contributed by atoms with E-state index >= 15 is 0 Å². The number of nitrogens with one attached hydrogen (secondary N) is 1. The molecule has 0 radical (unpaired) electrons. The minimum absolute atomic E-state index is 0.0974. The molecule has 1 aromatic carbocycles. The lowest BCUT2D eigenvalue weighted by Gasteiger charge is -2.06. The van der Waals surface area contributed by atoms with Crippen molar-refractivity contribution in [1.29, 1.82) is 0 Å². The molecule has 0 saturated heterocycles. The summed E-state index contributed by atoms with van der Waals surface area (Å²) < 4.78 is 0. The van der Waals surface area contributed by atoms with Crippen LogP contribution in [0.4, 0.5) is 0 Å². The summed E-state index contributed by atoms with van der Waals surface area (Å²) in [6.07, 6.45) is 2.96. The summed E-state index contributed by atoms with van der Waals surface area (Å²) in [4.78, 5) is 19.5. The highest BCUT2D eigenvalue weighted by Crippen LogP contribution is 2.22. The summed E-state index contributed by atoms with van der Waals surface area (Å²) in [5, 5.41) is 21.2. The number of benzene rings is 1. The van der Waals surface area contributed by atoms with E-state index in [0.29, 0.717) is 5.69 Å². The lowest BCUT2D eigenvalue weighted by atomic mass is 10.2. The van der Waals surface area contributed by atoms with E-state index in [1.54, 1.807) is 12.3 Å². The average Bonchev–Trinajstić information content (AvgIpc) is 2.37. The molecule has 0 spiro atoms. The molecule has 2 rings (SSSR count). The highest BCUT2D eigenvalue weighted by atomic mass is 16.3. The SMILES string of the molecule is O=C(NCc1ccncn1)c1ccc(O)cc1O. The highest BCUT2D eigenvalue weighted by Gasteiger charge is 2.11. The van der Waals surface area contributed by atoms with Gasteiger partial charge in [0.05, 0.1) is 17.8 Å². The molecule has 18 heavy (non-hydrogen) atoms. The molecule has 3 N–H and O–H groups in total. The molecule has 1 aromatic heterocycles. The molecule has 0 aliphatic heterocycles. The van der Waals surface area contributed by atoms with Crippen LogP contribution in [0.3, 0.4) is 0 Å². The Balaban J connectivity index is 2.04. The van der Waals surface area contributed by atoms with Gasteiger partial charge in [-0.3, -0.25) is 4.79 Å². The Hall–Kier alpha value is -2.63. The molecule has 0 saturated carbocycles. The van der Waals surface area contributed by atoms with Crippen LogP contribution in [0.2, 0.25) is 0 Å². The number of hydrogen-bond donors (Lipinski definition) is 3. The molecule has 0 aliphatic carbocycles. The van der Waals surface area contributed by atoms with E-state index in [0.717, 1.165) is 6.07 Å². The quantitative estimate of drug-likeness (QED) is 0.744. The first-order valence-corrected chi connectivity index (χ1v) is 5.22. The van der Waals surface area contributed by atoms with Gasteiger partial charge in [-0.15, -0.1) is 0 Å². The Morgan fingerprint density at radius 2 is 2.11 bits per heavy atom. The minimum atomic E-state index is -0.439. The second-order valence-electron chi connectivity index (χ2n) is 3.58. The largest absolute Gasteiger partial charge is 0.508 e. The number of amides is 1. The van der Waals surface area contributed by atoms with Crippen molar-refractivity contribution in [3.05, 3.63) is 48.0 Å². The zero-order chi connectivity index (χ0) is 13.0. The van der Waals surface area contributed by atoms with Gasteiger partial charge in [0.15, 0.2) is 0 Å². The van der Waals surface area contributed by atoms with Crippen LogP contribution >= 0.6 is 0 Å². The number of aromatic hydroxyl groups is 2. The Kier molecular flexibility index (Phi) is 3.38. The van der Waals surface area contributed by atoms with Crippen LogP contribution in [-0.4, -0.2) is 26.1 Å². The van der Waals surface area contributed by atoms with E-state index in [2.05, 4.69) is 15.3 Å². The van der Waals surface area contributed by atoms with Crippen molar-refractivity contribution in [2.75, 3.05) is 0 Å². The van der Waals surface area contributed by atoms with Gasteiger partial charge in [-0.05, 0) is 18.2 Å². The van der Waals surface area contributed by atoms with Crippen LogP contribution in [0.5, 0.6) is 11.5 Å². The van der Waals surface area contributed by atoms with Crippen LogP contribution in [0.15, 0.2) is 36.8 Å². The second kappa shape index (κ2) is 5.13. The fourth-order valence-corrected chi connectivity index (χ4v) is 1.40. The predicted octanol–water partition coefficient (Wildman–Crippen LogP) is 0.818. The third-order valence-corrected chi connectivity index (χ3v) is 2.30. The number of hydrogen-bond acceptors (Lipinski definition) is 5. The molecule has 0 atom stereocenters. The Labute approximate surface area is 103 Å². The summed E-state index contributed by atoms with van der Waals surface area (Å²) in [5.41, 5.74) is 0.762. The molecule has 0 bridgehead atoms. The van der Waals surface area contributed by atoms with Gasteiger partial charge in [0, 0.05) is 12.3 Å². The third kappa shape index (κ3) is 2.73. The number of carbonyl (C=O) groups excluding carboxylic acids is 1. The maximum absolute atomic E-state index is 11.8. The van der Waals surface area contributed by atoms with Crippen molar-refractivity contribution in [3.8, 4) is 11.5 Å². The average molecular weight is 245 g/mol. The van der Waals surface area contributed by atoms with Crippen molar-refractivity contribution >= 4 is 5.91 Å². The zero-order valence-corrected chi connectivity index (χ0v) is 9.37. The first-order valence-electron chi connectivity index (χ1n) is 5.22. The van der Waals surface area contributed by atoms with E-state index in [1.165, 1.54) is 18.5 Å². The summed E-state index contributed by atoms with van der Waals surface area (Å²) in [7, 11) is 0. The summed E-state index contributed by atoms with van der Waals surface area (Å²) >= 11 is 0. The number of carbonyl (C=O) groups is 1. The van der Waals surface area contributed by atoms with E-state index < -0.39 is 5.91 Å². The first kappa shape index (κ1) is 11.8. The first-order chi connectivity index (χ1) is 8.66. The fraction of sp³-hybridized carbons (Fsp3) is 0.0833. The van der Waals surface area contributed by atoms with Crippen LogP contribution in [-0.2, 0) is 6.54 Å². The molecule has 2 aromatic rings. The summed E-state index contributed by atoms with van der Waals surface area (Å²) in [6.45, 7) is 0.238. The zero-order valence-electron chi connectivity index (χ0n) is 9.37. The molecule has 92 valence electrons. The van der Waals surface area contributed by atoms with Gasteiger partial charge >= 0.3 is 0 Å². The van der Waals surface area contributed by atoms with Gasteiger partial charge in [0.25, 0.3) is 5.91 Å². The van der Waals surface area contributed by atoms with Crippen molar-refractivity contribution in [3.63, 3.8) is 0 Å². The van der Waals surface area contributed by atoms with Gasteiger partial charge in [0.1, 0.15) is 17.8 Å². The number of nitrogens with zero attached hydrogens (tertiary/aromatic N) is 2. The van der Waals surface area contributed by atoms with Crippen LogP contribution in [0.25, 0.3) is 0 Å². The predicted molar refractivity (Wildman–Crippen MR) is 63.0 cm³/mol. The molecule has 0 unspecified atom stereocenters. The maximum Gasteiger partial charge on any atom is 0.255 e. The monoisotopic (exact) mass is 245 g/mol. The summed E-state index contributed by atoms with van der Waals surface area (Å²) in [5.74, 6) is -0.804. The number of aromatic nitrogens is 2. The van der Waals surface area contributed by atoms with Gasteiger partial charge in [-0.1, -0.05) is 0 Å². The Bertz CT molecular complexity index is 558. The van der Waals surface area contributed by atoms with Gasteiger partial charge < -0.3 is 15.5 Å². The summed E-state index contributed by atoms with van der Waals surface area (Å²) in [6, 6.07) is 5.47. The molecule has 0 fully saturated rings. The molecule has 6 nitrogen and oxygen atoms in total. The molecular weight excluding hydrogens is 234 g/mol. The van der Waals surface area contributed by atoms with Gasteiger partial charge in [0.2, 0.25) is 0 Å². The third-order valence-electron chi connectivity index (χ3n) is 2.30. The van der Waals surface area contributed by atoms with Crippen LogP contribution < -0.4 is 5.32 Å². The number of rotatable bonds is 3. The number of phenolic OH excluding ortho intramolecular Hbond substituents is 2. The van der Waals surface area contributed by atoms with Crippen LogP contribution in [0.1, 0.15) is 16.1 Å². The van der Waals surface area contributed by atoms with Crippen molar-refractivity contribution in [2.45, 2.75) is 6.54 Å². The normalized spacial score (nSPS) is 10.0. The van der Waals surface area contributed by atoms with Gasteiger partial charge in [-0.25, -0.2) is 9.97 Å². The fourth-order valence-electron chi connectivity index (χ4n) is 1.40. The van der Waals surface area contributed by atoms with E-state index in [-0.39, 0.29) is 23.6 Å². The second-order valence-corrected chi connectivity index (χ2v) is 3.58. The van der Waals surface area contributed by atoms with E-state index in [4.69, 9.17) is 5.11 Å². The Morgan fingerprint density at radius 3 is 2.78 bits per heavy atom. The van der Waals surface area contributed by atoms with Gasteiger partial charge in [-0.2, -0.15) is 0 Å². The lowest BCUT2D eigenvalue weighted by Crippen LogP contribution is -2.23. The molecule has 1 amide bonds. The Morgan fingerprint density at radius 1 is 1.28 bits per heavy atom. The van der Waals surface area contributed by atoms with Crippen LogP contribution in [0, 0.1) is 0 Å².